The first-order valence-electron chi connectivity index (χ1n) is 6.32. The summed E-state index contributed by atoms with van der Waals surface area (Å²) in [5.74, 6) is -1.16. The molecule has 0 aliphatic carbocycles. The minimum Gasteiger partial charge on any atom is -0.465 e. The van der Waals surface area contributed by atoms with Gasteiger partial charge in [0.2, 0.25) is 0 Å². The predicted molar refractivity (Wildman–Crippen MR) is 72.8 cm³/mol. The van der Waals surface area contributed by atoms with Crippen molar-refractivity contribution >= 4 is 24.0 Å². The normalized spacial score (nSPS) is 13.2. The van der Waals surface area contributed by atoms with Crippen molar-refractivity contribution in [3.63, 3.8) is 0 Å². The molecule has 0 fully saturated rings. The Morgan fingerprint density at radius 1 is 0.955 bits per heavy atom. The fourth-order valence-corrected chi connectivity index (χ4v) is 2.20. The van der Waals surface area contributed by atoms with Crippen LogP contribution >= 0.6 is 0 Å². The molecule has 2 rings (SSSR count). The predicted octanol–water partition coefficient (Wildman–Crippen LogP) is 0.186. The van der Waals surface area contributed by atoms with E-state index in [0.29, 0.717) is 0 Å². The molecule has 0 saturated heterocycles. The van der Waals surface area contributed by atoms with Crippen LogP contribution in [0.3, 0.4) is 0 Å². The number of rotatable bonds is 5. The van der Waals surface area contributed by atoms with E-state index in [1.165, 1.54) is 12.1 Å². The lowest BCUT2D eigenvalue weighted by molar-refractivity contribution is 0.0578. The van der Waals surface area contributed by atoms with Gasteiger partial charge in [0.1, 0.15) is 0 Å². The lowest BCUT2D eigenvalue weighted by Crippen LogP contribution is -2.52. The maximum absolute atomic E-state index is 12.3. The molecule has 0 atom stereocenters. The molecule has 116 valence electrons. The third-order valence-electron chi connectivity index (χ3n) is 3.17. The number of nitrogens with one attached hydrogen (secondary N) is 2. The first kappa shape index (κ1) is 15.3. The van der Waals surface area contributed by atoms with Gasteiger partial charge in [-0.05, 0) is 12.1 Å². The Morgan fingerprint density at radius 3 is 1.73 bits per heavy atom. The van der Waals surface area contributed by atoms with Gasteiger partial charge in [0.25, 0.3) is 11.8 Å². The summed E-state index contributed by atoms with van der Waals surface area (Å²) in [4.78, 5) is 46.7. The van der Waals surface area contributed by atoms with Crippen molar-refractivity contribution < 1.29 is 29.4 Å². The van der Waals surface area contributed by atoms with Gasteiger partial charge in [0, 0.05) is 13.1 Å². The van der Waals surface area contributed by atoms with Gasteiger partial charge in [0.05, 0.1) is 17.2 Å². The minimum absolute atomic E-state index is 0.211. The fourth-order valence-electron chi connectivity index (χ4n) is 2.20. The van der Waals surface area contributed by atoms with Crippen LogP contribution in [0.4, 0.5) is 9.59 Å². The highest BCUT2D eigenvalue weighted by Gasteiger charge is 2.39. The maximum Gasteiger partial charge on any atom is 0.404 e. The molecule has 0 bridgehead atoms. The van der Waals surface area contributed by atoms with Gasteiger partial charge in [-0.15, -0.1) is 0 Å². The first-order valence-corrected chi connectivity index (χ1v) is 6.32. The average Bonchev–Trinajstić information content (AvgIpc) is 2.72. The number of carbonyl (C=O) groups is 4. The van der Waals surface area contributed by atoms with E-state index in [9.17, 15) is 19.2 Å². The van der Waals surface area contributed by atoms with E-state index in [-0.39, 0.29) is 24.2 Å². The molecular formula is C13H13N3O6. The van der Waals surface area contributed by atoms with Gasteiger partial charge < -0.3 is 20.8 Å². The summed E-state index contributed by atoms with van der Waals surface area (Å²) >= 11 is 0. The lowest BCUT2D eigenvalue weighted by Gasteiger charge is -2.25. The zero-order valence-corrected chi connectivity index (χ0v) is 11.3. The van der Waals surface area contributed by atoms with Crippen molar-refractivity contribution in [2.24, 2.45) is 0 Å². The second-order valence-corrected chi connectivity index (χ2v) is 4.55. The molecule has 1 aliphatic heterocycles. The van der Waals surface area contributed by atoms with Crippen molar-refractivity contribution in [3.05, 3.63) is 35.4 Å². The highest BCUT2D eigenvalue weighted by atomic mass is 16.4. The number of carbonyl (C=O) groups excluding carboxylic acids is 2. The van der Waals surface area contributed by atoms with Gasteiger partial charge in [-0.25, -0.2) is 9.59 Å². The van der Waals surface area contributed by atoms with Crippen LogP contribution in [0.15, 0.2) is 24.3 Å². The Morgan fingerprint density at radius 2 is 1.36 bits per heavy atom. The first-order chi connectivity index (χ1) is 10.4. The van der Waals surface area contributed by atoms with Crippen molar-refractivity contribution in [2.45, 2.75) is 6.04 Å². The SMILES string of the molecule is O=C(O)NCC(CNC(=O)O)N1C(=O)c2ccccc2C1=O. The van der Waals surface area contributed by atoms with E-state index in [1.807, 2.05) is 0 Å². The second kappa shape index (κ2) is 6.12. The zero-order chi connectivity index (χ0) is 16.3. The van der Waals surface area contributed by atoms with Crippen molar-refractivity contribution in [3.8, 4) is 0 Å². The Balaban J connectivity index is 2.23. The number of hydrogen-bond donors (Lipinski definition) is 4. The van der Waals surface area contributed by atoms with Gasteiger partial charge in [-0.3, -0.25) is 14.5 Å². The van der Waals surface area contributed by atoms with Crippen LogP contribution in [0.1, 0.15) is 20.7 Å². The molecule has 9 heteroatoms. The van der Waals surface area contributed by atoms with E-state index in [0.717, 1.165) is 4.90 Å². The molecule has 4 amide bonds. The van der Waals surface area contributed by atoms with Crippen LogP contribution in [0.2, 0.25) is 0 Å². The van der Waals surface area contributed by atoms with Crippen molar-refractivity contribution in [1.29, 1.82) is 0 Å². The molecule has 0 unspecified atom stereocenters. The summed E-state index contributed by atoms with van der Waals surface area (Å²) < 4.78 is 0. The lowest BCUT2D eigenvalue weighted by atomic mass is 10.1. The number of amides is 4. The smallest absolute Gasteiger partial charge is 0.404 e. The fraction of sp³-hybridized carbons (Fsp3) is 0.231. The molecule has 22 heavy (non-hydrogen) atoms. The number of benzene rings is 1. The molecule has 0 radical (unpaired) electrons. The summed E-state index contributed by atoms with van der Waals surface area (Å²) in [6, 6.07) is 5.23. The van der Waals surface area contributed by atoms with Crippen molar-refractivity contribution in [2.75, 3.05) is 13.1 Å². The number of imide groups is 1. The quantitative estimate of drug-likeness (QED) is 0.573. The zero-order valence-electron chi connectivity index (χ0n) is 11.3. The number of nitrogens with zero attached hydrogens (tertiary/aromatic N) is 1. The van der Waals surface area contributed by atoms with E-state index < -0.39 is 30.0 Å². The standard InChI is InChI=1S/C13H13N3O6/c17-10-8-3-1-2-4-9(8)11(18)16(10)7(5-14-12(19)20)6-15-13(21)22/h1-4,7,14-15H,5-6H2,(H,19,20)(H,21,22). The molecule has 4 N–H and O–H groups in total. The molecule has 9 nitrogen and oxygen atoms in total. The average molecular weight is 307 g/mol. The Kier molecular flexibility index (Phi) is 4.25. The van der Waals surface area contributed by atoms with E-state index in [1.54, 1.807) is 12.1 Å². The number of fused-ring (bicyclic) bond motifs is 1. The molecule has 0 spiro atoms. The van der Waals surface area contributed by atoms with Gasteiger partial charge >= 0.3 is 12.2 Å². The van der Waals surface area contributed by atoms with Crippen molar-refractivity contribution in [1.82, 2.24) is 15.5 Å². The third-order valence-corrected chi connectivity index (χ3v) is 3.17. The van der Waals surface area contributed by atoms with Gasteiger partial charge in [-0.1, -0.05) is 12.1 Å². The third kappa shape index (κ3) is 2.97. The maximum atomic E-state index is 12.3. The molecule has 0 aromatic heterocycles. The monoisotopic (exact) mass is 307 g/mol. The van der Waals surface area contributed by atoms with Crippen LogP contribution in [0, 0.1) is 0 Å². The van der Waals surface area contributed by atoms with E-state index in [2.05, 4.69) is 10.6 Å². The van der Waals surface area contributed by atoms with Crippen LogP contribution in [0.25, 0.3) is 0 Å². The van der Waals surface area contributed by atoms with Gasteiger partial charge in [-0.2, -0.15) is 0 Å². The van der Waals surface area contributed by atoms with E-state index >= 15 is 0 Å². The molecule has 1 heterocycles. The highest BCUT2D eigenvalue weighted by Crippen LogP contribution is 2.24. The summed E-state index contributed by atoms with van der Waals surface area (Å²) in [5, 5.41) is 21.4. The van der Waals surface area contributed by atoms with Crippen LogP contribution < -0.4 is 10.6 Å². The van der Waals surface area contributed by atoms with Crippen LogP contribution in [-0.4, -0.2) is 58.2 Å². The molecule has 1 aromatic carbocycles. The largest absolute Gasteiger partial charge is 0.465 e. The Hall–Kier alpha value is -3.10. The molecule has 1 aromatic rings. The number of carboxylic acid groups (broad SMARTS) is 2. The molecule has 1 aliphatic rings. The molecular weight excluding hydrogens is 294 g/mol. The Labute approximate surface area is 124 Å². The highest BCUT2D eigenvalue weighted by molar-refractivity contribution is 6.21. The van der Waals surface area contributed by atoms with Gasteiger partial charge in [0.15, 0.2) is 0 Å². The minimum atomic E-state index is -1.34. The summed E-state index contributed by atoms with van der Waals surface area (Å²) in [6.45, 7) is -0.553. The second-order valence-electron chi connectivity index (χ2n) is 4.55. The van der Waals surface area contributed by atoms with Crippen LogP contribution in [-0.2, 0) is 0 Å². The summed E-state index contributed by atoms with van der Waals surface area (Å²) in [6.07, 6.45) is -2.67. The summed E-state index contributed by atoms with van der Waals surface area (Å²) in [5.41, 5.74) is 0.423. The van der Waals surface area contributed by atoms with E-state index in [4.69, 9.17) is 10.2 Å². The topological polar surface area (TPSA) is 136 Å². The van der Waals surface area contributed by atoms with Crippen LogP contribution in [0.5, 0.6) is 0 Å². The Bertz CT molecular complexity index is 591. The number of hydrogen-bond acceptors (Lipinski definition) is 4. The summed E-state index contributed by atoms with van der Waals surface area (Å²) in [7, 11) is 0. The molecule has 0 saturated carbocycles.